The Morgan fingerprint density at radius 2 is 2.36 bits per heavy atom. The first-order valence-electron chi connectivity index (χ1n) is 2.87. The molecule has 11 heavy (non-hydrogen) atoms. The molecule has 0 saturated carbocycles. The minimum absolute atomic E-state index is 0.656. The SMILES string of the molecule is C=C(C)C=COC(=O)C=[N+]=[N-]. The molecular formula is C7H8N2O2. The molecule has 0 aliphatic rings. The molecule has 4 heteroatoms. The minimum Gasteiger partial charge on any atom is -0.426 e. The molecule has 0 heterocycles. The van der Waals surface area contributed by atoms with Gasteiger partial charge in [-0.1, -0.05) is 12.2 Å². The second-order valence-corrected chi connectivity index (χ2v) is 1.83. The Balaban J connectivity index is 3.79. The molecule has 0 fully saturated rings. The molecule has 0 N–H and O–H groups in total. The molecule has 0 aromatic carbocycles. The zero-order valence-corrected chi connectivity index (χ0v) is 6.15. The van der Waals surface area contributed by atoms with Crippen LogP contribution in [0.2, 0.25) is 0 Å². The Bertz CT molecular complexity index is 237. The fourth-order valence-corrected chi connectivity index (χ4v) is 0.295. The molecular weight excluding hydrogens is 144 g/mol. The first-order valence-corrected chi connectivity index (χ1v) is 2.87. The second-order valence-electron chi connectivity index (χ2n) is 1.83. The highest BCUT2D eigenvalue weighted by Crippen LogP contribution is 1.88. The van der Waals surface area contributed by atoms with Crippen molar-refractivity contribution in [1.29, 1.82) is 0 Å². The summed E-state index contributed by atoms with van der Waals surface area (Å²) < 4.78 is 4.40. The lowest BCUT2D eigenvalue weighted by Gasteiger charge is -1.86. The van der Waals surface area contributed by atoms with Gasteiger partial charge in [0, 0.05) is 0 Å². The van der Waals surface area contributed by atoms with Crippen LogP contribution in [0.4, 0.5) is 0 Å². The van der Waals surface area contributed by atoms with Gasteiger partial charge in [0.1, 0.15) is 0 Å². The minimum atomic E-state index is -0.731. The number of allylic oxidation sites excluding steroid dienone is 2. The number of hydrogen-bond donors (Lipinski definition) is 0. The molecule has 0 aromatic heterocycles. The van der Waals surface area contributed by atoms with Crippen molar-refractivity contribution < 1.29 is 14.3 Å². The van der Waals surface area contributed by atoms with Crippen molar-refractivity contribution >= 4 is 12.2 Å². The van der Waals surface area contributed by atoms with Gasteiger partial charge in [-0.05, 0) is 13.0 Å². The topological polar surface area (TPSA) is 62.7 Å². The van der Waals surface area contributed by atoms with E-state index in [2.05, 4.69) is 16.1 Å². The quantitative estimate of drug-likeness (QED) is 0.151. The van der Waals surface area contributed by atoms with Crippen molar-refractivity contribution in [3.05, 3.63) is 30.0 Å². The van der Waals surface area contributed by atoms with Crippen LogP contribution in [-0.4, -0.2) is 17.0 Å². The third kappa shape index (κ3) is 6.21. The largest absolute Gasteiger partial charge is 0.426 e. The number of hydrogen-bond acceptors (Lipinski definition) is 2. The molecule has 0 aromatic rings. The molecule has 58 valence electrons. The lowest BCUT2D eigenvalue weighted by Crippen LogP contribution is -2.00. The lowest BCUT2D eigenvalue weighted by atomic mass is 10.3. The van der Waals surface area contributed by atoms with Crippen molar-refractivity contribution in [3.63, 3.8) is 0 Å². The van der Waals surface area contributed by atoms with Gasteiger partial charge in [0.25, 0.3) is 0 Å². The zero-order chi connectivity index (χ0) is 8.69. The highest BCUT2D eigenvalue weighted by atomic mass is 16.5. The van der Waals surface area contributed by atoms with Crippen molar-refractivity contribution in [3.8, 4) is 0 Å². The molecule has 0 bridgehead atoms. The summed E-state index contributed by atoms with van der Waals surface area (Å²) in [5, 5.41) is 0. The molecule has 0 spiro atoms. The van der Waals surface area contributed by atoms with Crippen molar-refractivity contribution in [2.45, 2.75) is 6.92 Å². The zero-order valence-electron chi connectivity index (χ0n) is 6.15. The van der Waals surface area contributed by atoms with Crippen LogP contribution in [0.5, 0.6) is 0 Å². The molecule has 0 aliphatic carbocycles. The highest BCUT2D eigenvalue weighted by Gasteiger charge is 1.97. The van der Waals surface area contributed by atoms with Gasteiger partial charge in [0.2, 0.25) is 0 Å². The van der Waals surface area contributed by atoms with Gasteiger partial charge in [0.05, 0.1) is 6.26 Å². The normalized spacial score (nSPS) is 8.82. The summed E-state index contributed by atoms with van der Waals surface area (Å²) in [6.45, 7) is 5.29. The maximum Gasteiger partial charge on any atom is 0.418 e. The third-order valence-corrected chi connectivity index (χ3v) is 0.700. The van der Waals surface area contributed by atoms with E-state index in [0.717, 1.165) is 5.57 Å². The molecule has 0 saturated heterocycles. The fraction of sp³-hybridized carbons (Fsp3) is 0.143. The summed E-state index contributed by atoms with van der Waals surface area (Å²) in [5.74, 6) is -0.731. The number of carbonyl (C=O) groups is 1. The monoisotopic (exact) mass is 152 g/mol. The molecule has 4 nitrogen and oxygen atoms in total. The average Bonchev–Trinajstić information content (AvgIpc) is 1.87. The first kappa shape index (κ1) is 9.33. The van der Waals surface area contributed by atoms with E-state index in [0.29, 0.717) is 6.21 Å². The summed E-state index contributed by atoms with van der Waals surface area (Å²) in [6.07, 6.45) is 3.35. The molecule has 0 amide bonds. The van der Waals surface area contributed by atoms with Crippen molar-refractivity contribution in [1.82, 2.24) is 0 Å². The number of nitrogens with zero attached hydrogens (tertiary/aromatic N) is 2. The van der Waals surface area contributed by atoms with E-state index in [1.165, 1.54) is 12.3 Å². The summed E-state index contributed by atoms with van der Waals surface area (Å²) in [7, 11) is 0. The maximum absolute atomic E-state index is 10.4. The van der Waals surface area contributed by atoms with E-state index < -0.39 is 5.97 Å². The molecule has 0 radical (unpaired) electrons. The van der Waals surface area contributed by atoms with Gasteiger partial charge in [0.15, 0.2) is 0 Å². The van der Waals surface area contributed by atoms with E-state index in [4.69, 9.17) is 5.53 Å². The second kappa shape index (κ2) is 5.14. The van der Waals surface area contributed by atoms with E-state index in [1.807, 2.05) is 0 Å². The third-order valence-electron chi connectivity index (χ3n) is 0.700. The van der Waals surface area contributed by atoms with Gasteiger partial charge in [-0.25, -0.2) is 4.79 Å². The average molecular weight is 152 g/mol. The predicted molar refractivity (Wildman–Crippen MR) is 39.7 cm³/mol. The van der Waals surface area contributed by atoms with E-state index >= 15 is 0 Å². The van der Waals surface area contributed by atoms with Gasteiger partial charge in [-0.15, -0.1) is 0 Å². The standard InChI is InChI=1S/C7H8N2O2/c1-6(2)3-4-11-7(10)5-9-8/h3-5H,1H2,2H3. The molecule has 0 unspecified atom stereocenters. The Hall–Kier alpha value is -1.67. The van der Waals surface area contributed by atoms with Gasteiger partial charge < -0.3 is 10.3 Å². The van der Waals surface area contributed by atoms with Gasteiger partial charge in [-0.3, -0.25) is 0 Å². The molecule has 0 aliphatic heterocycles. The number of rotatable bonds is 3. The fourth-order valence-electron chi connectivity index (χ4n) is 0.295. The van der Waals surface area contributed by atoms with Crippen LogP contribution in [0.3, 0.4) is 0 Å². The van der Waals surface area contributed by atoms with E-state index in [-0.39, 0.29) is 0 Å². The highest BCUT2D eigenvalue weighted by molar-refractivity contribution is 6.20. The van der Waals surface area contributed by atoms with Crippen LogP contribution < -0.4 is 0 Å². The Morgan fingerprint density at radius 1 is 1.73 bits per heavy atom. The van der Waals surface area contributed by atoms with Crippen molar-refractivity contribution in [2.75, 3.05) is 0 Å². The predicted octanol–water partition coefficient (Wildman–Crippen LogP) is 0.920. The Morgan fingerprint density at radius 3 is 2.82 bits per heavy atom. The molecule has 0 rings (SSSR count). The molecule has 0 atom stereocenters. The summed E-state index contributed by atoms with van der Waals surface area (Å²) in [5.41, 5.74) is 8.63. The number of carbonyl (C=O) groups excluding carboxylic acids is 1. The Kier molecular flexibility index (Phi) is 4.36. The van der Waals surface area contributed by atoms with Gasteiger partial charge in [-0.2, -0.15) is 4.79 Å². The smallest absolute Gasteiger partial charge is 0.418 e. The van der Waals surface area contributed by atoms with Crippen LogP contribution in [0.1, 0.15) is 6.92 Å². The van der Waals surface area contributed by atoms with Crippen LogP contribution in [0, 0.1) is 0 Å². The van der Waals surface area contributed by atoms with Crippen molar-refractivity contribution in [2.24, 2.45) is 0 Å². The van der Waals surface area contributed by atoms with Crippen LogP contribution >= 0.6 is 0 Å². The van der Waals surface area contributed by atoms with E-state index in [9.17, 15) is 4.79 Å². The number of esters is 1. The Labute approximate surface area is 64.4 Å². The number of ether oxygens (including phenoxy) is 1. The van der Waals surface area contributed by atoms with Gasteiger partial charge >= 0.3 is 12.2 Å². The van der Waals surface area contributed by atoms with Crippen LogP contribution in [0.25, 0.3) is 5.53 Å². The summed E-state index contributed by atoms with van der Waals surface area (Å²) in [4.78, 5) is 12.9. The summed E-state index contributed by atoms with van der Waals surface area (Å²) in [6, 6.07) is 0. The van der Waals surface area contributed by atoms with E-state index in [1.54, 1.807) is 6.92 Å². The summed E-state index contributed by atoms with van der Waals surface area (Å²) >= 11 is 0. The van der Waals surface area contributed by atoms with Crippen LogP contribution in [-0.2, 0) is 9.53 Å². The first-order chi connectivity index (χ1) is 5.16. The van der Waals surface area contributed by atoms with Crippen LogP contribution in [0.15, 0.2) is 24.5 Å². The maximum atomic E-state index is 10.4. The lowest BCUT2D eigenvalue weighted by molar-refractivity contribution is -0.133.